The monoisotopic (exact) mass is 314 g/mol. The highest BCUT2D eigenvalue weighted by atomic mass is 16.5. The summed E-state index contributed by atoms with van der Waals surface area (Å²) in [5, 5.41) is 0. The van der Waals surface area contributed by atoms with Gasteiger partial charge >= 0.3 is 0 Å². The first-order chi connectivity index (χ1) is 11.1. The van der Waals surface area contributed by atoms with E-state index >= 15 is 0 Å². The first-order valence-electron chi connectivity index (χ1n) is 7.78. The Hall–Kier alpha value is -2.18. The van der Waals surface area contributed by atoms with Crippen molar-refractivity contribution in [1.29, 1.82) is 0 Å². The van der Waals surface area contributed by atoms with Gasteiger partial charge in [0.2, 0.25) is 0 Å². The summed E-state index contributed by atoms with van der Waals surface area (Å²) in [5.74, 6) is 0.825. The van der Waals surface area contributed by atoms with Gasteiger partial charge in [-0.3, -0.25) is 4.79 Å². The second kappa shape index (κ2) is 6.93. The summed E-state index contributed by atoms with van der Waals surface area (Å²) in [5.41, 5.74) is 1.75. The molecule has 1 N–H and O–H groups in total. The van der Waals surface area contributed by atoms with Crippen LogP contribution >= 0.6 is 0 Å². The number of nitrogens with one attached hydrogen (secondary N) is 1. The molecular formula is C17H22N4O2. The van der Waals surface area contributed by atoms with Crippen LogP contribution in [-0.4, -0.2) is 59.5 Å². The van der Waals surface area contributed by atoms with Crippen molar-refractivity contribution in [3.63, 3.8) is 0 Å². The molecule has 0 aliphatic carbocycles. The molecule has 2 heterocycles. The molecule has 0 saturated carbocycles. The Kier molecular flexibility index (Phi) is 4.73. The van der Waals surface area contributed by atoms with Crippen molar-refractivity contribution >= 4 is 5.91 Å². The number of aromatic nitrogens is 2. The fraction of sp³-hybridized carbons (Fsp3) is 0.412. The molecule has 1 unspecified atom stereocenters. The van der Waals surface area contributed by atoms with Crippen LogP contribution in [0.25, 0.3) is 0 Å². The fourth-order valence-corrected chi connectivity index (χ4v) is 2.72. The molecule has 1 amide bonds. The summed E-state index contributed by atoms with van der Waals surface area (Å²) in [7, 11) is 4.02. The van der Waals surface area contributed by atoms with E-state index in [1.165, 1.54) is 0 Å². The van der Waals surface area contributed by atoms with Gasteiger partial charge in [-0.15, -0.1) is 0 Å². The first-order valence-corrected chi connectivity index (χ1v) is 7.78. The van der Waals surface area contributed by atoms with Crippen molar-refractivity contribution in [3.8, 4) is 0 Å². The van der Waals surface area contributed by atoms with E-state index in [9.17, 15) is 4.79 Å². The molecule has 0 spiro atoms. The molecule has 2 aromatic rings. The zero-order valence-electron chi connectivity index (χ0n) is 13.5. The van der Waals surface area contributed by atoms with Crippen molar-refractivity contribution < 1.29 is 9.53 Å². The predicted octanol–water partition coefficient (Wildman–Crippen LogP) is 1.69. The lowest BCUT2D eigenvalue weighted by Gasteiger charge is -2.32. The molecular weight excluding hydrogens is 292 g/mol. The molecule has 0 radical (unpaired) electrons. The number of morpholine rings is 1. The predicted molar refractivity (Wildman–Crippen MR) is 87.0 cm³/mol. The van der Waals surface area contributed by atoms with E-state index in [4.69, 9.17) is 4.74 Å². The van der Waals surface area contributed by atoms with Crippen molar-refractivity contribution in [3.05, 3.63) is 53.6 Å². The van der Waals surface area contributed by atoms with Crippen LogP contribution in [0, 0.1) is 0 Å². The number of aromatic amines is 1. The number of hydrogen-bond donors (Lipinski definition) is 1. The molecule has 1 atom stereocenters. The molecule has 3 rings (SSSR count). The minimum absolute atomic E-state index is 0.0407. The topological polar surface area (TPSA) is 61.5 Å². The number of benzene rings is 1. The number of nitrogens with zero attached hydrogens (tertiary/aromatic N) is 3. The fourth-order valence-electron chi connectivity index (χ4n) is 2.72. The Morgan fingerprint density at radius 2 is 2.17 bits per heavy atom. The van der Waals surface area contributed by atoms with E-state index in [2.05, 4.69) is 14.9 Å². The summed E-state index contributed by atoms with van der Waals surface area (Å²) in [6.45, 7) is 2.44. The van der Waals surface area contributed by atoms with Crippen LogP contribution in [0.15, 0.2) is 36.5 Å². The smallest absolute Gasteiger partial charge is 0.254 e. The third kappa shape index (κ3) is 3.78. The minimum atomic E-state index is -0.202. The largest absolute Gasteiger partial charge is 0.367 e. The average molecular weight is 314 g/mol. The molecule has 1 aliphatic heterocycles. The third-order valence-electron chi connectivity index (χ3n) is 3.81. The molecule has 1 aromatic heterocycles. The maximum atomic E-state index is 12.6. The highest BCUT2D eigenvalue weighted by Crippen LogP contribution is 2.21. The Labute approximate surface area is 136 Å². The Morgan fingerprint density at radius 3 is 2.91 bits per heavy atom. The van der Waals surface area contributed by atoms with Crippen LogP contribution in [0.3, 0.4) is 0 Å². The molecule has 1 saturated heterocycles. The van der Waals surface area contributed by atoms with Gasteiger partial charge in [0.25, 0.3) is 5.91 Å². The number of amides is 1. The van der Waals surface area contributed by atoms with E-state index < -0.39 is 0 Å². The number of hydrogen-bond acceptors (Lipinski definition) is 4. The molecule has 6 nitrogen and oxygen atoms in total. The van der Waals surface area contributed by atoms with Crippen molar-refractivity contribution in [2.45, 2.75) is 12.6 Å². The average Bonchev–Trinajstić information content (AvgIpc) is 3.03. The van der Waals surface area contributed by atoms with Gasteiger partial charge in [0.05, 0.1) is 13.2 Å². The highest BCUT2D eigenvalue weighted by molar-refractivity contribution is 5.94. The summed E-state index contributed by atoms with van der Waals surface area (Å²) in [6, 6.07) is 9.36. The van der Waals surface area contributed by atoms with E-state index in [1.807, 2.05) is 55.5 Å². The second-order valence-electron chi connectivity index (χ2n) is 6.01. The number of imidazole rings is 1. The van der Waals surface area contributed by atoms with Gasteiger partial charge < -0.3 is 19.5 Å². The summed E-state index contributed by atoms with van der Waals surface area (Å²) in [4.78, 5) is 24.2. The second-order valence-corrected chi connectivity index (χ2v) is 6.01. The van der Waals surface area contributed by atoms with Gasteiger partial charge in [0.1, 0.15) is 11.9 Å². The van der Waals surface area contributed by atoms with Gasteiger partial charge in [-0.25, -0.2) is 4.98 Å². The van der Waals surface area contributed by atoms with Crippen molar-refractivity contribution in [1.82, 2.24) is 19.8 Å². The standard InChI is InChI=1S/C17H22N4O2/c1-20(2)11-14-10-18-16(19-14)15-12-21(8-9-23-15)17(22)13-6-4-3-5-7-13/h3-7,10,15H,8-9,11-12H2,1-2H3,(H,18,19). The van der Waals surface area contributed by atoms with Gasteiger partial charge in [0, 0.05) is 30.5 Å². The number of carbonyl (C=O) groups is 1. The normalized spacial score (nSPS) is 18.4. The number of H-pyrrole nitrogens is 1. The van der Waals surface area contributed by atoms with Gasteiger partial charge in [-0.1, -0.05) is 18.2 Å². The van der Waals surface area contributed by atoms with Crippen LogP contribution in [-0.2, 0) is 11.3 Å². The first kappa shape index (κ1) is 15.7. The van der Waals surface area contributed by atoms with Crippen LogP contribution in [0.2, 0.25) is 0 Å². The minimum Gasteiger partial charge on any atom is -0.367 e. The SMILES string of the molecule is CN(C)Cc1cnc(C2CN(C(=O)c3ccccc3)CCO2)[nH]1. The molecule has 1 aromatic carbocycles. The van der Waals surface area contributed by atoms with Gasteiger partial charge in [0.15, 0.2) is 0 Å². The van der Waals surface area contributed by atoms with Crippen LogP contribution < -0.4 is 0 Å². The van der Waals surface area contributed by atoms with E-state index in [-0.39, 0.29) is 12.0 Å². The lowest BCUT2D eigenvalue weighted by molar-refractivity contribution is -0.0265. The molecule has 6 heteroatoms. The van der Waals surface area contributed by atoms with Gasteiger partial charge in [-0.2, -0.15) is 0 Å². The summed E-state index contributed by atoms with van der Waals surface area (Å²) < 4.78 is 5.80. The van der Waals surface area contributed by atoms with Crippen LogP contribution in [0.4, 0.5) is 0 Å². The molecule has 122 valence electrons. The lowest BCUT2D eigenvalue weighted by Crippen LogP contribution is -2.42. The maximum absolute atomic E-state index is 12.6. The number of ether oxygens (including phenoxy) is 1. The molecule has 23 heavy (non-hydrogen) atoms. The van der Waals surface area contributed by atoms with E-state index in [1.54, 1.807) is 0 Å². The Balaban J connectivity index is 1.68. The molecule has 1 fully saturated rings. The van der Waals surface area contributed by atoms with Gasteiger partial charge in [-0.05, 0) is 26.2 Å². The van der Waals surface area contributed by atoms with Crippen LogP contribution in [0.5, 0.6) is 0 Å². The van der Waals surface area contributed by atoms with Crippen molar-refractivity contribution in [2.24, 2.45) is 0 Å². The van der Waals surface area contributed by atoms with E-state index in [0.29, 0.717) is 25.3 Å². The zero-order chi connectivity index (χ0) is 16.2. The number of rotatable bonds is 4. The quantitative estimate of drug-likeness (QED) is 0.933. The molecule has 1 aliphatic rings. The van der Waals surface area contributed by atoms with E-state index in [0.717, 1.165) is 18.1 Å². The Bertz CT molecular complexity index is 654. The van der Waals surface area contributed by atoms with Crippen LogP contribution in [0.1, 0.15) is 28.0 Å². The third-order valence-corrected chi connectivity index (χ3v) is 3.81. The molecule has 0 bridgehead atoms. The summed E-state index contributed by atoms with van der Waals surface area (Å²) in [6.07, 6.45) is 1.63. The maximum Gasteiger partial charge on any atom is 0.254 e. The zero-order valence-corrected chi connectivity index (χ0v) is 13.5. The lowest BCUT2D eigenvalue weighted by atomic mass is 10.1. The highest BCUT2D eigenvalue weighted by Gasteiger charge is 2.27. The summed E-state index contributed by atoms with van der Waals surface area (Å²) >= 11 is 0. The number of carbonyl (C=O) groups excluding carboxylic acids is 1. The Morgan fingerprint density at radius 1 is 1.39 bits per heavy atom. The van der Waals surface area contributed by atoms with Crippen molar-refractivity contribution in [2.75, 3.05) is 33.8 Å².